The molecule has 6 fully saturated rings. The minimum atomic E-state index is -0.962. The third-order valence-electron chi connectivity index (χ3n) is 19.0. The van der Waals surface area contributed by atoms with Crippen LogP contribution in [0.15, 0.2) is 71.2 Å². The number of piperidine rings is 1. The maximum Gasteiger partial charge on any atom is 0.319 e. The van der Waals surface area contributed by atoms with Gasteiger partial charge in [0.25, 0.3) is 5.56 Å². The average molecular weight is 1230 g/mol. The third kappa shape index (κ3) is 10.8. The summed E-state index contributed by atoms with van der Waals surface area (Å²) in [5, 5.41) is 36.3. The van der Waals surface area contributed by atoms with E-state index in [0.29, 0.717) is 82.0 Å². The van der Waals surface area contributed by atoms with Crippen molar-refractivity contribution in [1.29, 1.82) is 0 Å². The lowest BCUT2D eigenvalue weighted by Crippen LogP contribution is -2.49. The summed E-state index contributed by atoms with van der Waals surface area (Å²) in [7, 11) is 0. The number of ether oxygens (including phenoxy) is 4. The number of β-amino-alcohol motifs (C(OH)–C–C–N with tert-alkyl or cyclic N) is 1. The number of aryl methyl sites for hydroxylation is 1. The molecule has 6 aliphatic rings. The van der Waals surface area contributed by atoms with Crippen molar-refractivity contribution in [2.75, 3.05) is 50.8 Å². The van der Waals surface area contributed by atoms with Crippen LogP contribution in [0.4, 0.5) is 10.2 Å². The quantitative estimate of drug-likeness (QED) is 0.0500. The van der Waals surface area contributed by atoms with Gasteiger partial charge in [-0.2, -0.15) is 20.2 Å². The zero-order chi connectivity index (χ0) is 60.8. The number of likely N-dealkylation sites (tertiary alicyclic amines) is 1. The van der Waals surface area contributed by atoms with Crippen LogP contribution in [0, 0.1) is 25.6 Å². The number of aliphatic hydroxyl groups is 1. The Kier molecular flexibility index (Phi) is 15.1. The Morgan fingerprint density at radius 1 is 0.899 bits per heavy atom. The van der Waals surface area contributed by atoms with Crippen molar-refractivity contribution in [2.24, 2.45) is 5.92 Å². The van der Waals surface area contributed by atoms with E-state index in [4.69, 9.17) is 34.0 Å². The topological polar surface area (TPSA) is 252 Å². The standard InChI is InChI=1S/C66H72FN13O8S/c1-33(2)59(65(84)79-29-42(81)22-53(79)63(82)70-25-39-9-8-38(61-35(4)71-32-89-61)20-54(39)87-43-11-15-68-16-12-43)80-30-49-45-10-5-36(19-51(45)73-64(83)58(49)77-80)31-86-60-56(55-34(3)50(67)24-52-48(55)27-72-76-52)46(37-6-7-37)23-47-57(60)74-66(88-44-13-17-85-18-14-44)75-62(47)78-28-40-21-41(78)26-69-40/h5,8-10,19-20,23-24,27,30,32-33,37,40-44,53,59,68-69,81H,6-7,11-18,21-22,25-26,28-29,31H2,1-4H3,(H,70,82)(H,72,76)(H,73,83)/t40-,41-,42+,53-,59-/m0/s1. The number of thiazole rings is 1. The van der Waals surface area contributed by atoms with Crippen molar-refractivity contribution in [3.05, 3.63) is 111 Å². The van der Waals surface area contributed by atoms with Crippen molar-refractivity contribution in [1.82, 2.24) is 60.8 Å². The summed E-state index contributed by atoms with van der Waals surface area (Å²) >= 11 is 1.56. The number of aliphatic hydroxyl groups excluding tert-OH is 1. The van der Waals surface area contributed by atoms with E-state index in [-0.39, 0.29) is 73.5 Å². The fraction of sp³-hybridized carbons (Fsp3) is 0.455. The number of carbonyl (C=O) groups excluding carboxylic acids is 2. The SMILES string of the molecule is Cc1ncsc1-c1ccc(CNC(=O)[C@@H]2C[C@@H](O)CN2C(=O)[C@H](C(C)C)n2cc3c(n2)c(=O)[nH]c2cc(COc4c(-c5c(C)c(F)cc6[nH]ncc56)c(C5CC5)cc5c(N6C[C@@H]7C[C@H]6CN7)nc(OC6CCOCC6)nc45)ccc23)c(OC2CCNCC2)c1. The second-order valence-corrected chi connectivity index (χ2v) is 26.2. The molecule has 0 unspecified atom stereocenters. The van der Waals surface area contributed by atoms with Crippen molar-refractivity contribution in [3.63, 3.8) is 0 Å². The number of rotatable bonds is 17. The van der Waals surface area contributed by atoms with Gasteiger partial charge in [-0.3, -0.25) is 24.2 Å². The molecule has 5 aromatic heterocycles. The van der Waals surface area contributed by atoms with Crippen molar-refractivity contribution in [2.45, 2.75) is 141 Å². The number of pyridine rings is 1. The van der Waals surface area contributed by atoms with Gasteiger partial charge in [-0.1, -0.05) is 38.1 Å². The van der Waals surface area contributed by atoms with Gasteiger partial charge in [0.2, 0.25) is 11.8 Å². The van der Waals surface area contributed by atoms with Gasteiger partial charge in [0.05, 0.1) is 47.1 Å². The van der Waals surface area contributed by atoms with E-state index < -0.39 is 35.6 Å². The highest BCUT2D eigenvalue weighted by molar-refractivity contribution is 7.13. The van der Waals surface area contributed by atoms with E-state index in [1.54, 1.807) is 30.7 Å². The van der Waals surface area contributed by atoms with E-state index in [9.17, 15) is 19.5 Å². The van der Waals surface area contributed by atoms with Crippen LogP contribution in [-0.4, -0.2) is 144 Å². The molecule has 9 aromatic rings. The third-order valence-corrected chi connectivity index (χ3v) is 20.0. The molecule has 2 amide bonds. The van der Waals surface area contributed by atoms with Gasteiger partial charge in [0.15, 0.2) is 11.3 Å². The van der Waals surface area contributed by atoms with Gasteiger partial charge in [-0.15, -0.1) is 11.3 Å². The Morgan fingerprint density at radius 3 is 2.49 bits per heavy atom. The monoisotopic (exact) mass is 1230 g/mol. The van der Waals surface area contributed by atoms with Gasteiger partial charge < -0.3 is 54.8 Å². The molecule has 2 bridgehead atoms. The van der Waals surface area contributed by atoms with Crippen LogP contribution < -0.4 is 40.6 Å². The van der Waals surface area contributed by atoms with Crippen LogP contribution in [0.3, 0.4) is 0 Å². The first-order valence-corrected chi connectivity index (χ1v) is 32.3. The van der Waals surface area contributed by atoms with Crippen molar-refractivity contribution in [3.8, 4) is 39.1 Å². The molecule has 10 heterocycles. The predicted molar refractivity (Wildman–Crippen MR) is 336 cm³/mol. The highest BCUT2D eigenvalue weighted by atomic mass is 32.1. The Balaban J connectivity index is 0.743. The lowest BCUT2D eigenvalue weighted by atomic mass is 9.88. The Labute approximate surface area is 516 Å². The lowest BCUT2D eigenvalue weighted by Gasteiger charge is -2.31. The number of nitrogens with one attached hydrogen (secondary N) is 5. The minimum Gasteiger partial charge on any atom is -0.490 e. The smallest absolute Gasteiger partial charge is 0.319 e. The maximum absolute atomic E-state index is 16.3. The molecule has 21 nitrogen and oxygen atoms in total. The Morgan fingerprint density at radius 2 is 1.73 bits per heavy atom. The van der Waals surface area contributed by atoms with E-state index in [0.717, 1.165) is 113 Å². The summed E-state index contributed by atoms with van der Waals surface area (Å²) in [6.45, 7) is 12.2. The molecule has 5 aliphatic heterocycles. The zero-order valence-corrected chi connectivity index (χ0v) is 51.1. The maximum atomic E-state index is 16.3. The summed E-state index contributed by atoms with van der Waals surface area (Å²) in [6.07, 6.45) is 8.49. The van der Waals surface area contributed by atoms with Gasteiger partial charge in [-0.25, -0.2) is 9.37 Å². The number of carbonyl (C=O) groups is 2. The van der Waals surface area contributed by atoms with Crippen LogP contribution in [0.1, 0.15) is 105 Å². The van der Waals surface area contributed by atoms with E-state index in [1.165, 1.54) is 15.6 Å². The predicted octanol–water partition coefficient (Wildman–Crippen LogP) is 8.41. The molecular weight excluding hydrogens is 1150 g/mol. The first-order chi connectivity index (χ1) is 43.3. The van der Waals surface area contributed by atoms with Gasteiger partial charge in [0, 0.05) is 107 Å². The summed E-state index contributed by atoms with van der Waals surface area (Å²) < 4.78 is 44.0. The molecule has 5 saturated heterocycles. The number of hydrogen-bond acceptors (Lipinski definition) is 17. The normalized spacial score (nSPS) is 21.1. The zero-order valence-electron chi connectivity index (χ0n) is 50.2. The van der Waals surface area contributed by atoms with Crippen LogP contribution in [0.5, 0.6) is 17.5 Å². The molecule has 5 atom stereocenters. The van der Waals surface area contributed by atoms with Crippen LogP contribution >= 0.6 is 11.3 Å². The molecule has 23 heteroatoms. The molecule has 89 heavy (non-hydrogen) atoms. The van der Waals surface area contributed by atoms with Gasteiger partial charge in [-0.05, 0) is 117 Å². The highest BCUT2D eigenvalue weighted by Crippen LogP contribution is 2.54. The number of fused-ring (bicyclic) bond motifs is 7. The Bertz CT molecular complexity index is 4300. The van der Waals surface area contributed by atoms with Crippen molar-refractivity contribution < 1.29 is 38.0 Å². The number of piperazine rings is 1. The number of nitrogens with zero attached hydrogens (tertiary/aromatic N) is 8. The van der Waals surface area contributed by atoms with Gasteiger partial charge >= 0.3 is 6.01 Å². The summed E-state index contributed by atoms with van der Waals surface area (Å²) in [6, 6.07) is 14.4. The molecule has 4 aromatic carbocycles. The number of benzene rings is 4. The molecule has 15 rings (SSSR count). The molecule has 0 spiro atoms. The lowest BCUT2D eigenvalue weighted by molar-refractivity contribution is -0.142. The molecule has 462 valence electrons. The molecule has 0 radical (unpaired) electrons. The second kappa shape index (κ2) is 23.4. The summed E-state index contributed by atoms with van der Waals surface area (Å²) in [5.41, 5.74) is 9.53. The number of aromatic amines is 2. The number of hydrogen-bond donors (Lipinski definition) is 6. The van der Waals surface area contributed by atoms with Crippen LogP contribution in [0.2, 0.25) is 0 Å². The number of halogens is 1. The summed E-state index contributed by atoms with van der Waals surface area (Å²) in [4.78, 5) is 66.4. The molecule has 1 aliphatic carbocycles. The largest absolute Gasteiger partial charge is 0.490 e. The Hall–Kier alpha value is -8.09. The molecule has 1 saturated carbocycles. The van der Waals surface area contributed by atoms with E-state index >= 15 is 4.39 Å². The second-order valence-electron chi connectivity index (χ2n) is 25.4. The number of anilines is 1. The van der Waals surface area contributed by atoms with Crippen LogP contribution in [0.25, 0.3) is 65.2 Å². The molecular formula is C66H72FN13O8S. The molecule has 6 N–H and O–H groups in total. The number of aromatic nitrogens is 8. The summed E-state index contributed by atoms with van der Waals surface area (Å²) in [5.74, 6) is 0.629. The number of H-pyrrole nitrogens is 2. The minimum absolute atomic E-state index is 0.0150. The van der Waals surface area contributed by atoms with Crippen LogP contribution in [-0.2, 0) is 27.5 Å². The first-order valence-electron chi connectivity index (χ1n) is 31.4. The van der Waals surface area contributed by atoms with Crippen molar-refractivity contribution >= 4 is 72.6 Å². The fourth-order valence-electron chi connectivity index (χ4n) is 14.2. The fourth-order valence-corrected chi connectivity index (χ4v) is 15.0. The first kappa shape index (κ1) is 57.4. The van der Waals surface area contributed by atoms with E-state index in [1.807, 2.05) is 62.7 Å². The highest BCUT2D eigenvalue weighted by Gasteiger charge is 2.44. The number of amides is 2. The van der Waals surface area contributed by atoms with Gasteiger partial charge in [0.1, 0.15) is 53.8 Å². The van der Waals surface area contributed by atoms with E-state index in [2.05, 4.69) is 47.1 Å². The average Bonchev–Trinajstić information content (AvgIpc) is 1.85.